The first-order valence-corrected chi connectivity index (χ1v) is 7.87. The normalized spacial score (nSPS) is 20.3. The summed E-state index contributed by atoms with van der Waals surface area (Å²) in [5, 5.41) is 0. The van der Waals surface area contributed by atoms with Crippen LogP contribution in [0, 0.1) is 12.8 Å². The molecule has 116 valence electrons. The van der Waals surface area contributed by atoms with Crippen LogP contribution >= 0.6 is 0 Å². The van der Waals surface area contributed by atoms with Crippen LogP contribution in [0.25, 0.3) is 5.57 Å². The molecule has 2 aliphatic rings. The Morgan fingerprint density at radius 2 is 1.59 bits per heavy atom. The molecule has 0 aliphatic carbocycles. The van der Waals surface area contributed by atoms with Crippen LogP contribution in [0.4, 0.5) is 0 Å². The van der Waals surface area contributed by atoms with Gasteiger partial charge in [0.15, 0.2) is 0 Å². The van der Waals surface area contributed by atoms with Crippen LogP contribution in [-0.4, -0.2) is 41.8 Å². The number of piperidine rings is 1. The number of hydrogen-bond acceptors (Lipinski definition) is 3. The topological polar surface area (TPSA) is 40.6 Å². The van der Waals surface area contributed by atoms with E-state index >= 15 is 0 Å². The molecule has 2 amide bonds. The summed E-state index contributed by atoms with van der Waals surface area (Å²) in [5.74, 6) is 0.321. The SMILES string of the molecule is Cc1ccc(C2=C(N3CCC(C)CC3)C(=O)N(C)C2=O)cc1. The molecule has 0 spiro atoms. The Hall–Kier alpha value is -2.10. The maximum atomic E-state index is 12.6. The molecule has 0 N–H and O–H groups in total. The smallest absolute Gasteiger partial charge is 0.277 e. The van der Waals surface area contributed by atoms with Gasteiger partial charge in [-0.05, 0) is 31.2 Å². The Morgan fingerprint density at radius 1 is 1.00 bits per heavy atom. The summed E-state index contributed by atoms with van der Waals surface area (Å²) < 4.78 is 0. The highest BCUT2D eigenvalue weighted by atomic mass is 16.2. The predicted octanol–water partition coefficient (Wildman–Crippen LogP) is 2.44. The Bertz CT molecular complexity index is 638. The van der Waals surface area contributed by atoms with E-state index in [4.69, 9.17) is 0 Å². The lowest BCUT2D eigenvalue weighted by Gasteiger charge is -2.32. The summed E-state index contributed by atoms with van der Waals surface area (Å²) >= 11 is 0. The second-order valence-corrected chi connectivity index (χ2v) is 6.43. The average Bonchev–Trinajstić information content (AvgIpc) is 2.74. The zero-order valence-electron chi connectivity index (χ0n) is 13.4. The lowest BCUT2D eigenvalue weighted by atomic mass is 9.97. The van der Waals surface area contributed by atoms with Crippen molar-refractivity contribution in [2.24, 2.45) is 5.92 Å². The number of nitrogens with zero attached hydrogens (tertiary/aromatic N) is 2. The van der Waals surface area contributed by atoms with E-state index in [9.17, 15) is 9.59 Å². The van der Waals surface area contributed by atoms with E-state index in [-0.39, 0.29) is 11.8 Å². The van der Waals surface area contributed by atoms with Crippen molar-refractivity contribution in [2.45, 2.75) is 26.7 Å². The summed E-state index contributed by atoms with van der Waals surface area (Å²) in [6.45, 7) is 5.94. The van der Waals surface area contributed by atoms with E-state index in [0.29, 0.717) is 17.2 Å². The number of carbonyl (C=O) groups excluding carboxylic acids is 2. The van der Waals surface area contributed by atoms with Crippen molar-refractivity contribution in [3.63, 3.8) is 0 Å². The molecule has 1 aromatic rings. The van der Waals surface area contributed by atoms with Gasteiger partial charge < -0.3 is 4.90 Å². The molecule has 22 heavy (non-hydrogen) atoms. The van der Waals surface area contributed by atoms with Crippen molar-refractivity contribution in [2.75, 3.05) is 20.1 Å². The number of carbonyl (C=O) groups is 2. The molecular weight excluding hydrogens is 276 g/mol. The molecule has 2 heterocycles. The van der Waals surface area contributed by atoms with Gasteiger partial charge in [-0.25, -0.2) is 0 Å². The fourth-order valence-corrected chi connectivity index (χ4v) is 3.13. The first-order valence-electron chi connectivity index (χ1n) is 7.87. The minimum absolute atomic E-state index is 0.171. The molecule has 1 fully saturated rings. The third kappa shape index (κ3) is 2.43. The van der Waals surface area contributed by atoms with Crippen molar-refractivity contribution in [1.82, 2.24) is 9.80 Å². The van der Waals surface area contributed by atoms with E-state index in [1.54, 1.807) is 7.05 Å². The molecular formula is C18H22N2O2. The molecule has 1 saturated heterocycles. The number of likely N-dealkylation sites (tertiary alicyclic amines) is 1. The van der Waals surface area contributed by atoms with Crippen LogP contribution in [0.1, 0.15) is 30.9 Å². The molecule has 0 radical (unpaired) electrons. The minimum atomic E-state index is -0.192. The van der Waals surface area contributed by atoms with E-state index in [0.717, 1.165) is 37.1 Å². The largest absolute Gasteiger partial charge is 0.366 e. The third-order valence-electron chi connectivity index (χ3n) is 4.70. The predicted molar refractivity (Wildman–Crippen MR) is 85.8 cm³/mol. The molecule has 0 atom stereocenters. The van der Waals surface area contributed by atoms with Crippen LogP contribution in [0.5, 0.6) is 0 Å². The zero-order chi connectivity index (χ0) is 15.9. The highest BCUT2D eigenvalue weighted by Crippen LogP contribution is 2.33. The molecule has 0 saturated carbocycles. The first kappa shape index (κ1) is 14.8. The van der Waals surface area contributed by atoms with Gasteiger partial charge in [-0.2, -0.15) is 0 Å². The lowest BCUT2D eigenvalue weighted by molar-refractivity contribution is -0.136. The summed E-state index contributed by atoms with van der Waals surface area (Å²) in [6, 6.07) is 7.83. The van der Waals surface area contributed by atoms with Gasteiger partial charge in [0.1, 0.15) is 5.70 Å². The van der Waals surface area contributed by atoms with Crippen LogP contribution in [0.15, 0.2) is 30.0 Å². The summed E-state index contributed by atoms with van der Waals surface area (Å²) in [6.07, 6.45) is 2.13. The number of imide groups is 1. The molecule has 3 rings (SSSR count). The Kier molecular flexibility index (Phi) is 3.77. The van der Waals surface area contributed by atoms with Gasteiger partial charge in [0.2, 0.25) is 0 Å². The monoisotopic (exact) mass is 298 g/mol. The van der Waals surface area contributed by atoms with Gasteiger partial charge >= 0.3 is 0 Å². The standard InChI is InChI=1S/C18H22N2O2/c1-12-4-6-14(7-5-12)15-16(18(22)19(3)17(15)21)20-10-8-13(2)9-11-20/h4-7,13H,8-11H2,1-3H3. The van der Waals surface area contributed by atoms with Crippen molar-refractivity contribution in [3.8, 4) is 0 Å². The van der Waals surface area contributed by atoms with Crippen molar-refractivity contribution in [1.29, 1.82) is 0 Å². The van der Waals surface area contributed by atoms with E-state index in [1.165, 1.54) is 4.90 Å². The number of aryl methyl sites for hydroxylation is 1. The fourth-order valence-electron chi connectivity index (χ4n) is 3.13. The highest BCUT2D eigenvalue weighted by molar-refractivity contribution is 6.35. The average molecular weight is 298 g/mol. The highest BCUT2D eigenvalue weighted by Gasteiger charge is 2.39. The Labute approximate surface area is 131 Å². The van der Waals surface area contributed by atoms with Crippen molar-refractivity contribution < 1.29 is 9.59 Å². The number of rotatable bonds is 2. The van der Waals surface area contributed by atoms with Crippen LogP contribution in [0.2, 0.25) is 0 Å². The fraction of sp³-hybridized carbons (Fsp3) is 0.444. The number of likely N-dealkylation sites (N-methyl/N-ethyl adjacent to an activating group) is 1. The van der Waals surface area contributed by atoms with Crippen molar-refractivity contribution in [3.05, 3.63) is 41.1 Å². The third-order valence-corrected chi connectivity index (χ3v) is 4.70. The van der Waals surface area contributed by atoms with Gasteiger partial charge in [-0.15, -0.1) is 0 Å². The quantitative estimate of drug-likeness (QED) is 0.787. The van der Waals surface area contributed by atoms with Crippen molar-refractivity contribution >= 4 is 17.4 Å². The van der Waals surface area contributed by atoms with Gasteiger partial charge in [-0.3, -0.25) is 14.5 Å². The molecule has 4 nitrogen and oxygen atoms in total. The van der Waals surface area contributed by atoms with Crippen LogP contribution in [0.3, 0.4) is 0 Å². The lowest BCUT2D eigenvalue weighted by Crippen LogP contribution is -2.37. The molecule has 0 unspecified atom stereocenters. The van der Waals surface area contributed by atoms with Gasteiger partial charge in [0, 0.05) is 20.1 Å². The number of benzene rings is 1. The second-order valence-electron chi connectivity index (χ2n) is 6.43. The molecule has 1 aromatic carbocycles. The molecule has 0 aromatic heterocycles. The zero-order valence-corrected chi connectivity index (χ0v) is 13.4. The molecule has 4 heteroatoms. The Balaban J connectivity index is 2.04. The Morgan fingerprint density at radius 3 is 2.18 bits per heavy atom. The number of hydrogen-bond donors (Lipinski definition) is 0. The van der Waals surface area contributed by atoms with Gasteiger partial charge in [0.25, 0.3) is 11.8 Å². The van der Waals surface area contributed by atoms with Crippen LogP contribution in [-0.2, 0) is 9.59 Å². The molecule has 2 aliphatic heterocycles. The van der Waals surface area contributed by atoms with Crippen LogP contribution < -0.4 is 0 Å². The summed E-state index contributed by atoms with van der Waals surface area (Å²) in [5.41, 5.74) is 3.12. The maximum absolute atomic E-state index is 12.6. The molecule has 0 bridgehead atoms. The van der Waals surface area contributed by atoms with Gasteiger partial charge in [-0.1, -0.05) is 36.8 Å². The van der Waals surface area contributed by atoms with E-state index < -0.39 is 0 Å². The summed E-state index contributed by atoms with van der Waals surface area (Å²) in [7, 11) is 1.57. The van der Waals surface area contributed by atoms with E-state index in [1.807, 2.05) is 31.2 Å². The summed E-state index contributed by atoms with van der Waals surface area (Å²) in [4.78, 5) is 28.4. The first-order chi connectivity index (χ1) is 10.5. The maximum Gasteiger partial charge on any atom is 0.277 e. The second kappa shape index (κ2) is 5.59. The number of amides is 2. The van der Waals surface area contributed by atoms with Gasteiger partial charge in [0.05, 0.1) is 5.57 Å². The minimum Gasteiger partial charge on any atom is -0.366 e. The van der Waals surface area contributed by atoms with E-state index in [2.05, 4.69) is 11.8 Å².